The van der Waals surface area contributed by atoms with Crippen LogP contribution in [0.15, 0.2) is 47.5 Å². The molecule has 3 aromatic rings. The van der Waals surface area contributed by atoms with Crippen LogP contribution in [0.1, 0.15) is 40.5 Å². The van der Waals surface area contributed by atoms with Crippen LogP contribution >= 0.6 is 0 Å². The van der Waals surface area contributed by atoms with Gasteiger partial charge in [-0.25, -0.2) is 9.89 Å². The van der Waals surface area contributed by atoms with Gasteiger partial charge in [-0.1, -0.05) is 12.1 Å². The molecule has 134 valence electrons. The lowest BCUT2D eigenvalue weighted by molar-refractivity contribution is 0.0704. The first-order valence-electron chi connectivity index (χ1n) is 8.69. The number of hydrogen-bond acceptors (Lipinski definition) is 4. The Balaban J connectivity index is 1.44. The minimum absolute atomic E-state index is 0.0122. The maximum absolute atomic E-state index is 12.8. The molecule has 0 spiro atoms. The quantitative estimate of drug-likeness (QED) is 0.740. The molecule has 8 heteroatoms. The highest BCUT2D eigenvalue weighted by atomic mass is 16.2. The summed E-state index contributed by atoms with van der Waals surface area (Å²) in [5.74, 6) is 0.700. The van der Waals surface area contributed by atoms with Gasteiger partial charge in [0.25, 0.3) is 5.91 Å². The average Bonchev–Trinajstić information content (AvgIpc) is 3.34. The Labute approximate surface area is 149 Å². The number of benzene rings is 1. The minimum atomic E-state index is -0.309. The van der Waals surface area contributed by atoms with Crippen molar-refractivity contribution in [3.8, 4) is 0 Å². The molecular weight excluding hydrogens is 332 g/mol. The number of aromatic nitrogens is 5. The van der Waals surface area contributed by atoms with Gasteiger partial charge in [0.15, 0.2) is 0 Å². The zero-order valence-corrected chi connectivity index (χ0v) is 14.3. The van der Waals surface area contributed by atoms with Gasteiger partial charge in [0.2, 0.25) is 0 Å². The lowest BCUT2D eigenvalue weighted by Gasteiger charge is -2.31. The van der Waals surface area contributed by atoms with Gasteiger partial charge >= 0.3 is 5.69 Å². The molecule has 3 heterocycles. The molecule has 1 aromatic carbocycles. The molecule has 1 aliphatic rings. The second-order valence-electron chi connectivity index (χ2n) is 6.55. The molecule has 1 unspecified atom stereocenters. The predicted molar refractivity (Wildman–Crippen MR) is 94.9 cm³/mol. The molecule has 2 aromatic heterocycles. The van der Waals surface area contributed by atoms with Crippen molar-refractivity contribution in [2.45, 2.75) is 25.3 Å². The summed E-state index contributed by atoms with van der Waals surface area (Å²) in [4.78, 5) is 28.6. The summed E-state index contributed by atoms with van der Waals surface area (Å²) in [7, 11) is 0. The zero-order chi connectivity index (χ0) is 17.9. The Morgan fingerprint density at radius 2 is 2.12 bits per heavy atom. The molecule has 1 amide bonds. The van der Waals surface area contributed by atoms with Crippen molar-refractivity contribution in [3.05, 3.63) is 70.2 Å². The molecule has 1 saturated heterocycles. The third kappa shape index (κ3) is 3.44. The van der Waals surface area contributed by atoms with Crippen molar-refractivity contribution in [1.29, 1.82) is 0 Å². The number of hydrogen-bond donors (Lipinski definition) is 2. The second kappa shape index (κ2) is 6.99. The highest BCUT2D eigenvalue weighted by Gasteiger charge is 2.27. The van der Waals surface area contributed by atoms with Gasteiger partial charge in [0, 0.05) is 37.0 Å². The maximum atomic E-state index is 12.8. The third-order valence-corrected chi connectivity index (χ3v) is 4.72. The van der Waals surface area contributed by atoms with Gasteiger partial charge in [-0.05, 0) is 36.6 Å². The summed E-state index contributed by atoms with van der Waals surface area (Å²) in [6.07, 6.45) is 5.46. The largest absolute Gasteiger partial charge is 0.340 e. The first-order chi connectivity index (χ1) is 12.7. The fraction of sp³-hybridized carbons (Fsp3) is 0.333. The first-order valence-corrected chi connectivity index (χ1v) is 8.69. The normalized spacial score (nSPS) is 17.4. The van der Waals surface area contributed by atoms with Crippen molar-refractivity contribution in [2.75, 3.05) is 13.1 Å². The van der Waals surface area contributed by atoms with E-state index in [0.717, 1.165) is 24.9 Å². The van der Waals surface area contributed by atoms with E-state index in [9.17, 15) is 9.59 Å². The van der Waals surface area contributed by atoms with Crippen molar-refractivity contribution in [3.63, 3.8) is 0 Å². The Morgan fingerprint density at radius 3 is 2.81 bits per heavy atom. The van der Waals surface area contributed by atoms with Gasteiger partial charge in [-0.3, -0.25) is 14.5 Å². The molecule has 1 fully saturated rings. The fourth-order valence-electron chi connectivity index (χ4n) is 3.38. The number of nitrogens with one attached hydrogen (secondary N) is 2. The summed E-state index contributed by atoms with van der Waals surface area (Å²) in [6.45, 7) is 1.97. The van der Waals surface area contributed by atoms with Crippen LogP contribution < -0.4 is 5.69 Å². The number of likely N-dealkylation sites (tertiary alicyclic amines) is 1. The molecule has 0 saturated carbocycles. The lowest BCUT2D eigenvalue weighted by Crippen LogP contribution is -2.39. The Morgan fingerprint density at radius 1 is 1.27 bits per heavy atom. The van der Waals surface area contributed by atoms with Crippen molar-refractivity contribution in [1.82, 2.24) is 29.9 Å². The molecule has 1 atom stereocenters. The maximum Gasteiger partial charge on any atom is 0.340 e. The third-order valence-electron chi connectivity index (χ3n) is 4.72. The summed E-state index contributed by atoms with van der Waals surface area (Å²) in [5, 5.41) is 10.6. The molecule has 26 heavy (non-hydrogen) atoms. The van der Waals surface area contributed by atoms with E-state index in [1.54, 1.807) is 6.20 Å². The van der Waals surface area contributed by atoms with Gasteiger partial charge in [0.1, 0.15) is 5.82 Å². The number of aromatic amines is 2. The van der Waals surface area contributed by atoms with Gasteiger partial charge in [-0.2, -0.15) is 10.2 Å². The van der Waals surface area contributed by atoms with Crippen LogP contribution in [0.4, 0.5) is 0 Å². The topological polar surface area (TPSA) is 99.7 Å². The number of amides is 1. The van der Waals surface area contributed by atoms with Crippen LogP contribution in [-0.4, -0.2) is 48.9 Å². The molecular formula is C18H20N6O2. The van der Waals surface area contributed by atoms with E-state index in [1.807, 2.05) is 46.1 Å². The minimum Gasteiger partial charge on any atom is -0.338 e. The summed E-state index contributed by atoms with van der Waals surface area (Å²) in [5.41, 5.74) is 1.46. The smallest absolute Gasteiger partial charge is 0.338 e. The highest BCUT2D eigenvalue weighted by Crippen LogP contribution is 2.24. The van der Waals surface area contributed by atoms with E-state index in [-0.39, 0.29) is 17.5 Å². The Hall–Kier alpha value is -3.16. The van der Waals surface area contributed by atoms with E-state index in [4.69, 9.17) is 0 Å². The van der Waals surface area contributed by atoms with Crippen LogP contribution in [0.3, 0.4) is 0 Å². The number of nitrogens with zero attached hydrogens (tertiary/aromatic N) is 4. The second-order valence-corrected chi connectivity index (χ2v) is 6.55. The van der Waals surface area contributed by atoms with E-state index < -0.39 is 0 Å². The average molecular weight is 352 g/mol. The number of rotatable bonds is 4. The number of H-pyrrole nitrogens is 2. The first kappa shape index (κ1) is 16.3. The summed E-state index contributed by atoms with van der Waals surface area (Å²) >= 11 is 0. The Bertz CT molecular complexity index is 925. The SMILES string of the molecule is O=C(c1ccc(Cn2cccn2)cc1)N1CCCC(c2n[nH]c(=O)[nH]2)C1. The predicted octanol–water partition coefficient (Wildman–Crippen LogP) is 1.36. The van der Waals surface area contributed by atoms with Crippen molar-refractivity contribution in [2.24, 2.45) is 0 Å². The van der Waals surface area contributed by atoms with Gasteiger partial charge in [0.05, 0.1) is 6.54 Å². The molecule has 0 radical (unpaired) electrons. The Kier molecular flexibility index (Phi) is 4.39. The molecule has 2 N–H and O–H groups in total. The molecule has 0 bridgehead atoms. The molecule has 0 aliphatic carbocycles. The molecule has 8 nitrogen and oxygen atoms in total. The fourth-order valence-corrected chi connectivity index (χ4v) is 3.38. The number of piperidine rings is 1. The van der Waals surface area contributed by atoms with E-state index in [1.165, 1.54) is 0 Å². The monoisotopic (exact) mass is 352 g/mol. The standard InChI is InChI=1S/C18H20N6O2/c25-17(14-6-4-13(5-7-14)11-24-10-2-8-19-24)23-9-1-3-15(12-23)16-20-18(26)22-21-16/h2,4-8,10,15H,1,3,9,11-12H2,(H2,20,21,22,26). The van der Waals surface area contributed by atoms with Gasteiger partial charge < -0.3 is 4.90 Å². The van der Waals surface area contributed by atoms with Crippen LogP contribution in [-0.2, 0) is 6.54 Å². The van der Waals surface area contributed by atoms with Gasteiger partial charge in [-0.15, -0.1) is 0 Å². The highest BCUT2D eigenvalue weighted by molar-refractivity contribution is 5.94. The van der Waals surface area contributed by atoms with E-state index in [0.29, 0.717) is 24.5 Å². The number of carbonyl (C=O) groups excluding carboxylic acids is 1. The van der Waals surface area contributed by atoms with Crippen molar-refractivity contribution < 1.29 is 4.79 Å². The zero-order valence-electron chi connectivity index (χ0n) is 14.3. The van der Waals surface area contributed by atoms with E-state index in [2.05, 4.69) is 20.3 Å². The molecule has 4 rings (SSSR count). The molecule has 1 aliphatic heterocycles. The summed E-state index contributed by atoms with van der Waals surface area (Å²) in [6, 6.07) is 9.53. The number of carbonyl (C=O) groups is 1. The van der Waals surface area contributed by atoms with E-state index >= 15 is 0 Å². The van der Waals surface area contributed by atoms with Crippen LogP contribution in [0.5, 0.6) is 0 Å². The summed E-state index contributed by atoms with van der Waals surface area (Å²) < 4.78 is 1.84. The lowest BCUT2D eigenvalue weighted by atomic mass is 9.96. The van der Waals surface area contributed by atoms with Crippen LogP contribution in [0.2, 0.25) is 0 Å². The van der Waals surface area contributed by atoms with Crippen LogP contribution in [0.25, 0.3) is 0 Å². The van der Waals surface area contributed by atoms with Crippen molar-refractivity contribution >= 4 is 5.91 Å². The van der Waals surface area contributed by atoms with Crippen LogP contribution in [0, 0.1) is 0 Å².